The summed E-state index contributed by atoms with van der Waals surface area (Å²) in [6.07, 6.45) is 1.29. The fraction of sp³-hybridized carbons (Fsp3) is 0.412. The van der Waals surface area contributed by atoms with Gasteiger partial charge in [-0.1, -0.05) is 19.1 Å². The number of carbonyl (C=O) groups excluding carboxylic acids is 1. The van der Waals surface area contributed by atoms with Gasteiger partial charge in [0.2, 0.25) is 10.0 Å². The van der Waals surface area contributed by atoms with Crippen molar-refractivity contribution in [2.45, 2.75) is 31.2 Å². The molecular weight excluding hydrogens is 342 g/mol. The van der Waals surface area contributed by atoms with Gasteiger partial charge in [0, 0.05) is 19.2 Å². The van der Waals surface area contributed by atoms with Crippen LogP contribution >= 0.6 is 0 Å². The number of esters is 1. The molecule has 1 aromatic carbocycles. The van der Waals surface area contributed by atoms with Crippen LogP contribution < -0.4 is 0 Å². The molecule has 0 atom stereocenters. The summed E-state index contributed by atoms with van der Waals surface area (Å²) >= 11 is 0. The molecule has 0 N–H and O–H groups in total. The summed E-state index contributed by atoms with van der Waals surface area (Å²) in [4.78, 5) is 12.1. The molecule has 7 nitrogen and oxygen atoms in total. The molecule has 0 saturated carbocycles. The molecule has 2 heterocycles. The Bertz CT molecular complexity index is 901. The maximum atomic E-state index is 12.9. The van der Waals surface area contributed by atoms with Crippen LogP contribution in [0.5, 0.6) is 0 Å². The average molecular weight is 363 g/mol. The zero-order chi connectivity index (χ0) is 18.2. The van der Waals surface area contributed by atoms with Crippen molar-refractivity contribution in [3.8, 4) is 0 Å². The second kappa shape index (κ2) is 6.61. The van der Waals surface area contributed by atoms with Crippen molar-refractivity contribution < 1.29 is 17.9 Å². The molecule has 0 radical (unpaired) electrons. The molecule has 1 aliphatic rings. The van der Waals surface area contributed by atoms with E-state index in [1.54, 1.807) is 23.9 Å². The van der Waals surface area contributed by atoms with E-state index in [1.807, 2.05) is 19.1 Å². The number of rotatable bonds is 4. The van der Waals surface area contributed by atoms with Crippen molar-refractivity contribution in [2.24, 2.45) is 7.05 Å². The number of carbonyl (C=O) groups is 1. The first kappa shape index (κ1) is 17.6. The lowest BCUT2D eigenvalue weighted by Gasteiger charge is -2.26. The summed E-state index contributed by atoms with van der Waals surface area (Å²) in [6.45, 7) is 2.52. The van der Waals surface area contributed by atoms with Gasteiger partial charge in [-0.2, -0.15) is 9.40 Å². The number of ether oxygens (including phenoxy) is 1. The maximum absolute atomic E-state index is 12.9. The van der Waals surface area contributed by atoms with Gasteiger partial charge in [0.1, 0.15) is 0 Å². The first-order valence-electron chi connectivity index (χ1n) is 8.10. The van der Waals surface area contributed by atoms with Crippen LogP contribution in [0.15, 0.2) is 29.2 Å². The van der Waals surface area contributed by atoms with Crippen molar-refractivity contribution in [1.82, 2.24) is 14.1 Å². The highest BCUT2D eigenvalue weighted by Gasteiger charge is 2.33. The highest BCUT2D eigenvalue weighted by molar-refractivity contribution is 7.89. The van der Waals surface area contributed by atoms with Crippen LogP contribution in [-0.2, 0) is 41.2 Å². The number of nitrogens with zero attached hydrogens (tertiary/aromatic N) is 3. The Morgan fingerprint density at radius 3 is 2.56 bits per heavy atom. The predicted octanol–water partition coefficient (Wildman–Crippen LogP) is 1.52. The highest BCUT2D eigenvalue weighted by Crippen LogP contribution is 2.27. The van der Waals surface area contributed by atoms with Crippen LogP contribution in [0.2, 0.25) is 0 Å². The molecule has 0 bridgehead atoms. The summed E-state index contributed by atoms with van der Waals surface area (Å²) in [6, 6.07) is 6.96. The summed E-state index contributed by atoms with van der Waals surface area (Å²) < 4.78 is 33.6. The first-order chi connectivity index (χ1) is 11.9. The van der Waals surface area contributed by atoms with E-state index in [0.29, 0.717) is 13.0 Å². The molecular formula is C17H21N3O4S. The van der Waals surface area contributed by atoms with Crippen molar-refractivity contribution in [1.29, 1.82) is 0 Å². The van der Waals surface area contributed by atoms with E-state index in [0.717, 1.165) is 23.2 Å². The largest absolute Gasteiger partial charge is 0.464 e. The van der Waals surface area contributed by atoms with Gasteiger partial charge in [-0.25, -0.2) is 13.2 Å². The van der Waals surface area contributed by atoms with Crippen molar-refractivity contribution >= 4 is 16.0 Å². The molecule has 8 heteroatoms. The van der Waals surface area contributed by atoms with Gasteiger partial charge in [-0.15, -0.1) is 0 Å². The monoisotopic (exact) mass is 363 g/mol. The summed E-state index contributed by atoms with van der Waals surface area (Å²) in [5.41, 5.74) is 2.85. The summed E-state index contributed by atoms with van der Waals surface area (Å²) in [5.74, 6) is -0.497. The van der Waals surface area contributed by atoms with Crippen molar-refractivity contribution in [3.05, 3.63) is 46.8 Å². The zero-order valence-corrected chi connectivity index (χ0v) is 15.3. The number of benzene rings is 1. The fourth-order valence-electron chi connectivity index (χ4n) is 3.06. The van der Waals surface area contributed by atoms with E-state index < -0.39 is 16.0 Å². The Hall–Kier alpha value is -2.19. The molecule has 1 aliphatic heterocycles. The number of hydrogen-bond donors (Lipinski definition) is 0. The number of methoxy groups -OCH3 is 1. The minimum absolute atomic E-state index is 0.188. The Balaban J connectivity index is 1.91. The third-order valence-electron chi connectivity index (χ3n) is 4.56. The molecule has 0 spiro atoms. The molecule has 0 amide bonds. The Morgan fingerprint density at radius 2 is 1.96 bits per heavy atom. The van der Waals surface area contributed by atoms with Crippen LogP contribution in [-0.4, -0.2) is 42.1 Å². The topological polar surface area (TPSA) is 81.5 Å². The Kier molecular flexibility index (Phi) is 4.66. The van der Waals surface area contributed by atoms with Crippen LogP contribution in [0, 0.1) is 0 Å². The highest BCUT2D eigenvalue weighted by atomic mass is 32.2. The third-order valence-corrected chi connectivity index (χ3v) is 6.42. The first-order valence-corrected chi connectivity index (χ1v) is 9.54. The van der Waals surface area contributed by atoms with E-state index in [1.165, 1.54) is 11.4 Å². The van der Waals surface area contributed by atoms with Gasteiger partial charge in [-0.05, 0) is 30.5 Å². The van der Waals surface area contributed by atoms with Crippen molar-refractivity contribution in [2.75, 3.05) is 13.7 Å². The number of sulfonamides is 1. The normalized spacial score (nSPS) is 15.0. The quantitative estimate of drug-likeness (QED) is 0.769. The van der Waals surface area contributed by atoms with E-state index in [2.05, 4.69) is 5.10 Å². The van der Waals surface area contributed by atoms with E-state index in [-0.39, 0.29) is 17.1 Å². The molecule has 3 rings (SSSR count). The van der Waals surface area contributed by atoms with E-state index in [9.17, 15) is 13.2 Å². The van der Waals surface area contributed by atoms with Gasteiger partial charge in [-0.3, -0.25) is 4.68 Å². The molecule has 0 aliphatic carbocycles. The molecule has 0 saturated heterocycles. The Morgan fingerprint density at radius 1 is 1.28 bits per heavy atom. The molecule has 134 valence electrons. The van der Waals surface area contributed by atoms with Gasteiger partial charge in [0.25, 0.3) is 0 Å². The van der Waals surface area contributed by atoms with Gasteiger partial charge in [0.05, 0.1) is 24.2 Å². The molecule has 0 unspecified atom stereocenters. The van der Waals surface area contributed by atoms with Crippen LogP contribution in [0.4, 0.5) is 0 Å². The minimum atomic E-state index is -3.59. The lowest BCUT2D eigenvalue weighted by Crippen LogP contribution is -2.36. The minimum Gasteiger partial charge on any atom is -0.464 e. The average Bonchev–Trinajstić information content (AvgIpc) is 2.97. The number of aryl methyl sites for hydroxylation is 2. The summed E-state index contributed by atoms with van der Waals surface area (Å²) in [7, 11) is -0.573. The molecule has 1 aromatic heterocycles. The van der Waals surface area contributed by atoms with Gasteiger partial charge >= 0.3 is 5.97 Å². The fourth-order valence-corrected chi connectivity index (χ4v) is 4.46. The summed E-state index contributed by atoms with van der Waals surface area (Å²) in [5, 5.41) is 4.20. The number of hydrogen-bond acceptors (Lipinski definition) is 5. The van der Waals surface area contributed by atoms with Gasteiger partial charge in [0.15, 0.2) is 5.69 Å². The predicted molar refractivity (Wildman–Crippen MR) is 91.7 cm³/mol. The van der Waals surface area contributed by atoms with Crippen LogP contribution in [0.1, 0.15) is 34.2 Å². The second-order valence-electron chi connectivity index (χ2n) is 5.98. The van der Waals surface area contributed by atoms with E-state index >= 15 is 0 Å². The standard InChI is InChI=1S/C17H21N3O4S/c1-4-12-5-7-13(8-6-12)25(22,23)20-10-9-14-15(11-20)19(2)18-16(14)17(21)24-3/h5-8H,4,9-11H2,1-3H3. The number of fused-ring (bicyclic) bond motifs is 1. The smallest absolute Gasteiger partial charge is 0.358 e. The van der Waals surface area contributed by atoms with E-state index in [4.69, 9.17) is 4.74 Å². The van der Waals surface area contributed by atoms with Crippen LogP contribution in [0.25, 0.3) is 0 Å². The molecule has 0 fully saturated rings. The van der Waals surface area contributed by atoms with Crippen molar-refractivity contribution in [3.63, 3.8) is 0 Å². The third kappa shape index (κ3) is 3.07. The zero-order valence-electron chi connectivity index (χ0n) is 14.5. The molecule has 2 aromatic rings. The second-order valence-corrected chi connectivity index (χ2v) is 7.91. The SMILES string of the molecule is CCc1ccc(S(=O)(=O)N2CCc3c(C(=O)OC)nn(C)c3C2)cc1. The lowest BCUT2D eigenvalue weighted by molar-refractivity contribution is 0.0591. The molecule has 25 heavy (non-hydrogen) atoms. The van der Waals surface area contributed by atoms with Gasteiger partial charge < -0.3 is 4.74 Å². The lowest BCUT2D eigenvalue weighted by atomic mass is 10.1. The van der Waals surface area contributed by atoms with Crippen LogP contribution in [0.3, 0.4) is 0 Å². The maximum Gasteiger partial charge on any atom is 0.358 e. The number of aromatic nitrogens is 2. The Labute approximate surface area is 147 Å².